The summed E-state index contributed by atoms with van der Waals surface area (Å²) in [5.74, 6) is 1.88. The number of hydrogen-bond donors (Lipinski definition) is 0. The Bertz CT molecular complexity index is 2440. The van der Waals surface area contributed by atoms with Crippen LogP contribution in [0.5, 0.6) is 0 Å². The van der Waals surface area contributed by atoms with Gasteiger partial charge in [-0.2, -0.15) is 0 Å². The van der Waals surface area contributed by atoms with Crippen molar-refractivity contribution in [1.82, 2.24) is 15.0 Å². The Balaban J connectivity index is 1.29. The van der Waals surface area contributed by atoms with E-state index in [2.05, 4.69) is 66.7 Å². The molecule has 0 unspecified atom stereocenters. The van der Waals surface area contributed by atoms with Gasteiger partial charge < -0.3 is 4.42 Å². The van der Waals surface area contributed by atoms with Crippen LogP contribution in [0.25, 0.3) is 87.4 Å². The van der Waals surface area contributed by atoms with Gasteiger partial charge in [-0.15, -0.1) is 11.3 Å². The van der Waals surface area contributed by atoms with Crippen molar-refractivity contribution in [2.24, 2.45) is 0 Å². The largest absolute Gasteiger partial charge is 0.456 e. The molecule has 206 valence electrons. The van der Waals surface area contributed by atoms with E-state index in [4.69, 9.17) is 19.4 Å². The van der Waals surface area contributed by atoms with Crippen molar-refractivity contribution in [2.75, 3.05) is 0 Å². The molecule has 0 fully saturated rings. The molecule has 3 heterocycles. The summed E-state index contributed by atoms with van der Waals surface area (Å²) in [6.07, 6.45) is 0. The summed E-state index contributed by atoms with van der Waals surface area (Å²) in [6.45, 7) is 0. The van der Waals surface area contributed by atoms with Crippen LogP contribution < -0.4 is 0 Å². The predicted molar refractivity (Wildman–Crippen MR) is 182 cm³/mol. The zero-order chi connectivity index (χ0) is 29.0. The van der Waals surface area contributed by atoms with Gasteiger partial charge >= 0.3 is 0 Å². The van der Waals surface area contributed by atoms with E-state index in [-0.39, 0.29) is 0 Å². The van der Waals surface area contributed by atoms with Crippen LogP contribution >= 0.6 is 11.3 Å². The number of thiophene rings is 1. The molecule has 0 N–H and O–H groups in total. The van der Waals surface area contributed by atoms with Gasteiger partial charge in [0.1, 0.15) is 11.2 Å². The molecule has 0 spiro atoms. The zero-order valence-corrected chi connectivity index (χ0v) is 24.3. The molecule has 0 aliphatic heterocycles. The van der Waals surface area contributed by atoms with E-state index < -0.39 is 0 Å². The Kier molecular flexibility index (Phi) is 5.64. The quantitative estimate of drug-likeness (QED) is 0.207. The van der Waals surface area contributed by atoms with E-state index in [1.165, 1.54) is 25.7 Å². The first kappa shape index (κ1) is 24.9. The highest BCUT2D eigenvalue weighted by molar-refractivity contribution is 7.25. The number of nitrogens with zero attached hydrogens (tertiary/aromatic N) is 3. The third kappa shape index (κ3) is 4.02. The first-order chi connectivity index (χ1) is 21.8. The molecule has 44 heavy (non-hydrogen) atoms. The normalized spacial score (nSPS) is 11.6. The lowest BCUT2D eigenvalue weighted by Crippen LogP contribution is -2.00. The van der Waals surface area contributed by atoms with Gasteiger partial charge in [0.2, 0.25) is 0 Å². The van der Waals surface area contributed by atoms with E-state index in [0.29, 0.717) is 17.5 Å². The highest BCUT2D eigenvalue weighted by Crippen LogP contribution is 2.42. The SMILES string of the molecule is c1ccc(-c2nc(-c3ccccc3)nc(-c3cccc4oc5ccc(-c6cccc7sc8ccccc8c67)cc5c34)n2)cc1. The second-order valence-corrected chi connectivity index (χ2v) is 11.9. The lowest BCUT2D eigenvalue weighted by atomic mass is 9.97. The minimum absolute atomic E-state index is 0.613. The minimum Gasteiger partial charge on any atom is -0.456 e. The molecule has 0 bridgehead atoms. The first-order valence-corrected chi connectivity index (χ1v) is 15.3. The molecule has 0 aliphatic rings. The summed E-state index contributed by atoms with van der Waals surface area (Å²) in [7, 11) is 0. The molecule has 0 atom stereocenters. The average Bonchev–Trinajstić information content (AvgIpc) is 3.67. The maximum atomic E-state index is 6.41. The zero-order valence-electron chi connectivity index (χ0n) is 23.4. The van der Waals surface area contributed by atoms with Gasteiger partial charge in [-0.25, -0.2) is 15.0 Å². The molecule has 0 aliphatic carbocycles. The maximum Gasteiger partial charge on any atom is 0.164 e. The second kappa shape index (κ2) is 9.97. The summed E-state index contributed by atoms with van der Waals surface area (Å²) in [4.78, 5) is 14.9. The Morgan fingerprint density at radius 1 is 0.409 bits per heavy atom. The monoisotopic (exact) mass is 581 g/mol. The van der Waals surface area contributed by atoms with Gasteiger partial charge in [0.05, 0.1) is 0 Å². The molecular formula is C39H23N3OS. The molecular weight excluding hydrogens is 559 g/mol. The predicted octanol–water partition coefficient (Wildman–Crippen LogP) is 10.8. The highest BCUT2D eigenvalue weighted by Gasteiger charge is 2.19. The number of hydrogen-bond acceptors (Lipinski definition) is 5. The highest BCUT2D eigenvalue weighted by atomic mass is 32.1. The average molecular weight is 582 g/mol. The van der Waals surface area contributed by atoms with Crippen LogP contribution in [-0.2, 0) is 0 Å². The number of benzene rings is 6. The van der Waals surface area contributed by atoms with Crippen LogP contribution in [0.2, 0.25) is 0 Å². The first-order valence-electron chi connectivity index (χ1n) is 14.5. The lowest BCUT2D eigenvalue weighted by molar-refractivity contribution is 0.669. The fourth-order valence-corrected chi connectivity index (χ4v) is 7.26. The molecule has 5 heteroatoms. The summed E-state index contributed by atoms with van der Waals surface area (Å²) in [5, 5.41) is 4.61. The molecule has 0 amide bonds. The third-order valence-electron chi connectivity index (χ3n) is 8.15. The number of aromatic nitrogens is 3. The Morgan fingerprint density at radius 2 is 1.05 bits per heavy atom. The fourth-order valence-electron chi connectivity index (χ4n) is 6.12. The summed E-state index contributed by atoms with van der Waals surface area (Å²) < 4.78 is 8.99. The molecule has 9 aromatic rings. The number of rotatable bonds is 4. The molecule has 0 saturated heterocycles. The molecule has 0 saturated carbocycles. The van der Waals surface area contributed by atoms with Crippen LogP contribution in [-0.4, -0.2) is 15.0 Å². The van der Waals surface area contributed by atoms with Crippen molar-refractivity contribution in [3.63, 3.8) is 0 Å². The van der Waals surface area contributed by atoms with Gasteiger partial charge in [0.25, 0.3) is 0 Å². The van der Waals surface area contributed by atoms with Crippen LogP contribution in [0.1, 0.15) is 0 Å². The van der Waals surface area contributed by atoms with E-state index in [1.54, 1.807) is 0 Å². The maximum absolute atomic E-state index is 6.41. The van der Waals surface area contributed by atoms with E-state index >= 15 is 0 Å². The minimum atomic E-state index is 0.613. The van der Waals surface area contributed by atoms with Crippen molar-refractivity contribution in [3.05, 3.63) is 140 Å². The summed E-state index contributed by atoms with van der Waals surface area (Å²) >= 11 is 1.84. The van der Waals surface area contributed by atoms with E-state index in [9.17, 15) is 0 Å². The lowest BCUT2D eigenvalue weighted by Gasteiger charge is -2.09. The topological polar surface area (TPSA) is 51.8 Å². The smallest absolute Gasteiger partial charge is 0.164 e. The Morgan fingerprint density at radius 3 is 1.82 bits per heavy atom. The van der Waals surface area contributed by atoms with Crippen molar-refractivity contribution in [3.8, 4) is 45.3 Å². The van der Waals surface area contributed by atoms with Crippen LogP contribution in [0.3, 0.4) is 0 Å². The molecule has 3 aromatic heterocycles. The molecule has 0 radical (unpaired) electrons. The third-order valence-corrected chi connectivity index (χ3v) is 9.28. The number of fused-ring (bicyclic) bond motifs is 6. The standard InChI is InChI=1S/C39H23N3OS/c1-3-11-24(12-4-1)37-40-38(25-13-5-2-6-14-25)42-39(41-37)29-17-9-18-32-35(29)30-23-26(21-22-31(30)43-32)27-16-10-20-34-36(27)28-15-7-8-19-33(28)44-34/h1-23H. The van der Waals surface area contributed by atoms with E-state index in [1.807, 2.05) is 84.1 Å². The number of furan rings is 1. The van der Waals surface area contributed by atoms with Crippen LogP contribution in [0.4, 0.5) is 0 Å². The molecule has 4 nitrogen and oxygen atoms in total. The van der Waals surface area contributed by atoms with Crippen molar-refractivity contribution < 1.29 is 4.42 Å². The Hall–Kier alpha value is -5.65. The molecule has 6 aromatic carbocycles. The van der Waals surface area contributed by atoms with Crippen molar-refractivity contribution in [1.29, 1.82) is 0 Å². The van der Waals surface area contributed by atoms with Gasteiger partial charge in [0, 0.05) is 47.6 Å². The van der Waals surface area contributed by atoms with E-state index in [0.717, 1.165) is 44.2 Å². The Labute approximate surface area is 256 Å². The molecule has 9 rings (SSSR count). The van der Waals surface area contributed by atoms with Crippen molar-refractivity contribution in [2.45, 2.75) is 0 Å². The van der Waals surface area contributed by atoms with Gasteiger partial charge in [0.15, 0.2) is 17.5 Å². The second-order valence-electron chi connectivity index (χ2n) is 10.8. The van der Waals surface area contributed by atoms with Crippen LogP contribution in [0, 0.1) is 0 Å². The van der Waals surface area contributed by atoms with Crippen LogP contribution in [0.15, 0.2) is 144 Å². The van der Waals surface area contributed by atoms with Crippen molar-refractivity contribution >= 4 is 53.4 Å². The van der Waals surface area contributed by atoms with Gasteiger partial charge in [-0.05, 0) is 41.5 Å². The fraction of sp³-hybridized carbons (Fsp3) is 0. The summed E-state index contributed by atoms with van der Waals surface area (Å²) in [5.41, 5.74) is 6.79. The van der Waals surface area contributed by atoms with Gasteiger partial charge in [-0.3, -0.25) is 0 Å². The van der Waals surface area contributed by atoms with Gasteiger partial charge in [-0.1, -0.05) is 109 Å². The summed E-state index contributed by atoms with van der Waals surface area (Å²) in [6, 6.07) is 48.0.